The number of rotatable bonds is 4. The molecule has 0 N–H and O–H groups in total. The normalized spacial score (nSPS) is 10.3. The summed E-state index contributed by atoms with van der Waals surface area (Å²) in [5, 5.41) is 0. The van der Waals surface area contributed by atoms with Crippen LogP contribution < -0.4 is 9.47 Å². The fourth-order valence-corrected chi connectivity index (χ4v) is 1.68. The third kappa shape index (κ3) is 2.65. The van der Waals surface area contributed by atoms with Gasteiger partial charge in [-0.2, -0.15) is 4.39 Å². The van der Waals surface area contributed by atoms with E-state index in [9.17, 15) is 8.78 Å². The number of ether oxygens (including phenoxy) is 2. The van der Waals surface area contributed by atoms with Crippen molar-refractivity contribution in [2.45, 2.75) is 6.92 Å². The maximum absolute atomic E-state index is 13.9. The van der Waals surface area contributed by atoms with Crippen LogP contribution in [-0.4, -0.2) is 18.7 Å². The summed E-state index contributed by atoms with van der Waals surface area (Å²) in [6, 6.07) is 6.04. The van der Waals surface area contributed by atoms with Crippen molar-refractivity contribution >= 4 is 0 Å². The smallest absolute Gasteiger partial charge is 0.201 e. The first-order valence-corrected chi connectivity index (χ1v) is 5.78. The predicted octanol–water partition coefficient (Wildman–Crippen LogP) is 3.43. The van der Waals surface area contributed by atoms with Crippen LogP contribution in [0.25, 0.3) is 11.3 Å². The molecule has 3 nitrogen and oxygen atoms in total. The number of hydrogen-bond acceptors (Lipinski definition) is 3. The Kier molecular flexibility index (Phi) is 3.94. The van der Waals surface area contributed by atoms with Crippen molar-refractivity contribution in [2.75, 3.05) is 13.7 Å². The van der Waals surface area contributed by atoms with Crippen LogP contribution in [0.1, 0.15) is 6.92 Å². The average molecular weight is 265 g/mol. The number of hydrogen-bond donors (Lipinski definition) is 0. The molecule has 19 heavy (non-hydrogen) atoms. The molecular weight excluding hydrogens is 252 g/mol. The molecule has 1 heterocycles. The largest absolute Gasteiger partial charge is 0.494 e. The summed E-state index contributed by atoms with van der Waals surface area (Å²) in [6.45, 7) is 2.37. The lowest BCUT2D eigenvalue weighted by Crippen LogP contribution is -1.97. The zero-order valence-corrected chi connectivity index (χ0v) is 10.6. The van der Waals surface area contributed by atoms with Crippen molar-refractivity contribution in [3.8, 4) is 22.8 Å². The van der Waals surface area contributed by atoms with Crippen LogP contribution >= 0.6 is 0 Å². The van der Waals surface area contributed by atoms with E-state index in [1.807, 2.05) is 6.92 Å². The molecule has 100 valence electrons. The molecule has 0 amide bonds. The van der Waals surface area contributed by atoms with Crippen molar-refractivity contribution in [1.82, 2.24) is 4.98 Å². The van der Waals surface area contributed by atoms with Gasteiger partial charge in [-0.3, -0.25) is 4.98 Å². The zero-order valence-electron chi connectivity index (χ0n) is 10.6. The van der Waals surface area contributed by atoms with E-state index in [0.717, 1.165) is 0 Å². The van der Waals surface area contributed by atoms with Gasteiger partial charge in [0.15, 0.2) is 11.6 Å². The fourth-order valence-electron chi connectivity index (χ4n) is 1.68. The Bertz CT molecular complexity index is 570. The van der Waals surface area contributed by atoms with Crippen LogP contribution in [0.4, 0.5) is 8.78 Å². The Hall–Kier alpha value is -2.17. The summed E-state index contributed by atoms with van der Waals surface area (Å²) < 4.78 is 37.4. The number of pyridine rings is 1. The summed E-state index contributed by atoms with van der Waals surface area (Å²) >= 11 is 0. The summed E-state index contributed by atoms with van der Waals surface area (Å²) in [4.78, 5) is 4.05. The summed E-state index contributed by atoms with van der Waals surface area (Å²) in [7, 11) is 1.28. The first-order valence-electron chi connectivity index (χ1n) is 5.78. The van der Waals surface area contributed by atoms with E-state index in [2.05, 4.69) is 4.98 Å². The molecule has 0 fully saturated rings. The van der Waals surface area contributed by atoms with Gasteiger partial charge in [-0.25, -0.2) is 4.39 Å². The Labute approximate surface area is 109 Å². The third-order valence-electron chi connectivity index (χ3n) is 2.59. The van der Waals surface area contributed by atoms with Gasteiger partial charge in [0.25, 0.3) is 0 Å². The van der Waals surface area contributed by atoms with E-state index >= 15 is 0 Å². The second-order valence-electron chi connectivity index (χ2n) is 3.76. The van der Waals surface area contributed by atoms with Crippen LogP contribution in [-0.2, 0) is 0 Å². The minimum atomic E-state index is -1.02. The number of benzene rings is 1. The van der Waals surface area contributed by atoms with Gasteiger partial charge in [-0.15, -0.1) is 0 Å². The Morgan fingerprint density at radius 3 is 2.47 bits per heavy atom. The quantitative estimate of drug-likeness (QED) is 0.848. The highest BCUT2D eigenvalue weighted by molar-refractivity contribution is 5.61. The minimum Gasteiger partial charge on any atom is -0.494 e. The van der Waals surface area contributed by atoms with E-state index in [1.165, 1.54) is 25.4 Å². The number of aromatic nitrogens is 1. The molecule has 1 aromatic heterocycles. The standard InChI is InChI=1S/C14H13F2NO2/c1-3-19-9-4-6-11(17-8-9)10-5-7-12(18-2)14(16)13(10)15/h4-8H,3H2,1-2H3. The lowest BCUT2D eigenvalue weighted by Gasteiger charge is -2.08. The van der Waals surface area contributed by atoms with Crippen molar-refractivity contribution in [2.24, 2.45) is 0 Å². The molecule has 0 spiro atoms. The van der Waals surface area contributed by atoms with Crippen LogP contribution in [0.3, 0.4) is 0 Å². The van der Waals surface area contributed by atoms with Crippen molar-refractivity contribution in [3.63, 3.8) is 0 Å². The molecule has 0 bridgehead atoms. The van der Waals surface area contributed by atoms with Gasteiger partial charge < -0.3 is 9.47 Å². The van der Waals surface area contributed by atoms with Gasteiger partial charge in [0.1, 0.15) is 5.75 Å². The SMILES string of the molecule is CCOc1ccc(-c2ccc(OC)c(F)c2F)nc1. The fraction of sp³-hybridized carbons (Fsp3) is 0.214. The van der Waals surface area contributed by atoms with Gasteiger partial charge >= 0.3 is 0 Å². The second kappa shape index (κ2) is 5.65. The first-order chi connectivity index (χ1) is 9.17. The molecule has 2 rings (SSSR count). The number of methoxy groups -OCH3 is 1. The second-order valence-corrected chi connectivity index (χ2v) is 3.76. The van der Waals surface area contributed by atoms with E-state index in [0.29, 0.717) is 18.1 Å². The first kappa shape index (κ1) is 13.3. The van der Waals surface area contributed by atoms with Gasteiger partial charge in [-0.1, -0.05) is 0 Å². The Morgan fingerprint density at radius 1 is 1.11 bits per heavy atom. The molecule has 0 saturated carbocycles. The Balaban J connectivity index is 2.39. The predicted molar refractivity (Wildman–Crippen MR) is 67.3 cm³/mol. The molecule has 0 aliphatic carbocycles. The van der Waals surface area contributed by atoms with Gasteiger partial charge in [0.2, 0.25) is 5.82 Å². The molecule has 0 radical (unpaired) electrons. The molecule has 0 saturated heterocycles. The van der Waals surface area contributed by atoms with Crippen molar-refractivity contribution in [3.05, 3.63) is 42.1 Å². The highest BCUT2D eigenvalue weighted by Gasteiger charge is 2.15. The van der Waals surface area contributed by atoms with Crippen LogP contribution in [0.15, 0.2) is 30.5 Å². The number of nitrogens with zero attached hydrogens (tertiary/aromatic N) is 1. The molecule has 2 aromatic rings. The maximum atomic E-state index is 13.9. The molecule has 0 aliphatic rings. The van der Waals surface area contributed by atoms with Gasteiger partial charge in [0.05, 0.1) is 25.6 Å². The lowest BCUT2D eigenvalue weighted by atomic mass is 10.1. The Morgan fingerprint density at radius 2 is 1.89 bits per heavy atom. The lowest BCUT2D eigenvalue weighted by molar-refractivity contribution is 0.339. The van der Waals surface area contributed by atoms with Gasteiger partial charge in [0, 0.05) is 5.56 Å². The molecule has 0 aliphatic heterocycles. The van der Waals surface area contributed by atoms with E-state index in [4.69, 9.17) is 9.47 Å². The van der Waals surface area contributed by atoms with Crippen LogP contribution in [0, 0.1) is 11.6 Å². The van der Waals surface area contributed by atoms with E-state index in [1.54, 1.807) is 12.1 Å². The van der Waals surface area contributed by atoms with E-state index in [-0.39, 0.29) is 11.3 Å². The average Bonchev–Trinajstić information content (AvgIpc) is 2.43. The zero-order chi connectivity index (χ0) is 13.8. The molecule has 5 heteroatoms. The van der Waals surface area contributed by atoms with Crippen LogP contribution in [0.5, 0.6) is 11.5 Å². The minimum absolute atomic E-state index is 0.0846. The molecule has 1 aromatic carbocycles. The maximum Gasteiger partial charge on any atom is 0.201 e. The summed E-state index contributed by atoms with van der Waals surface area (Å²) in [5.74, 6) is -1.54. The molecule has 0 atom stereocenters. The summed E-state index contributed by atoms with van der Waals surface area (Å²) in [5.41, 5.74) is 0.420. The van der Waals surface area contributed by atoms with E-state index < -0.39 is 11.6 Å². The topological polar surface area (TPSA) is 31.4 Å². The monoisotopic (exact) mass is 265 g/mol. The van der Waals surface area contributed by atoms with Crippen molar-refractivity contribution < 1.29 is 18.3 Å². The highest BCUT2D eigenvalue weighted by atomic mass is 19.2. The number of halogens is 2. The van der Waals surface area contributed by atoms with Crippen molar-refractivity contribution in [1.29, 1.82) is 0 Å². The molecule has 0 unspecified atom stereocenters. The van der Waals surface area contributed by atoms with Crippen LogP contribution in [0.2, 0.25) is 0 Å². The van der Waals surface area contributed by atoms with Gasteiger partial charge in [-0.05, 0) is 31.2 Å². The highest BCUT2D eigenvalue weighted by Crippen LogP contribution is 2.29. The summed E-state index contributed by atoms with van der Waals surface area (Å²) in [6.07, 6.45) is 1.47. The molecular formula is C14H13F2NO2. The third-order valence-corrected chi connectivity index (χ3v) is 2.59.